The van der Waals surface area contributed by atoms with E-state index < -0.39 is 11.9 Å². The highest BCUT2D eigenvalue weighted by atomic mass is 19.1. The molecule has 0 spiro atoms. The van der Waals surface area contributed by atoms with Gasteiger partial charge in [0, 0.05) is 57.3 Å². The number of nitrogens with zero attached hydrogens (tertiary/aromatic N) is 4. The second-order valence-corrected chi connectivity index (χ2v) is 7.33. The number of carbonyl (C=O) groups excluding carboxylic acids is 1. The second-order valence-electron chi connectivity index (χ2n) is 7.33. The molecule has 29 heavy (non-hydrogen) atoms. The van der Waals surface area contributed by atoms with E-state index in [0.29, 0.717) is 24.7 Å². The van der Waals surface area contributed by atoms with Crippen molar-refractivity contribution in [2.75, 3.05) is 43.2 Å². The summed E-state index contributed by atoms with van der Waals surface area (Å²) in [6.07, 6.45) is 3.54. The third-order valence-corrected chi connectivity index (χ3v) is 5.51. The van der Waals surface area contributed by atoms with Gasteiger partial charge in [-0.2, -0.15) is 4.39 Å². The molecule has 1 atom stereocenters. The molecule has 4 rings (SSSR count). The molecule has 0 aromatic carbocycles. The number of hydrogen-bond donors (Lipinski definition) is 0. The average molecular weight is 400 g/mol. The van der Waals surface area contributed by atoms with Gasteiger partial charge in [-0.15, -0.1) is 0 Å². The summed E-state index contributed by atoms with van der Waals surface area (Å²) >= 11 is 0. The maximum Gasteiger partial charge on any atom is 0.356 e. The Hall–Kier alpha value is -2.74. The van der Waals surface area contributed by atoms with E-state index in [1.54, 1.807) is 26.3 Å². The summed E-state index contributed by atoms with van der Waals surface area (Å²) in [5.41, 5.74) is 3.24. The molecule has 2 aromatic heterocycles. The molecule has 2 aromatic rings. The van der Waals surface area contributed by atoms with Gasteiger partial charge in [0.15, 0.2) is 0 Å². The van der Waals surface area contributed by atoms with Crippen molar-refractivity contribution >= 4 is 17.5 Å². The van der Waals surface area contributed by atoms with Crippen LogP contribution in [0.25, 0.3) is 0 Å². The van der Waals surface area contributed by atoms with E-state index in [9.17, 15) is 9.18 Å². The maximum absolute atomic E-state index is 14.3. The smallest absolute Gasteiger partial charge is 0.356 e. The topological polar surface area (TPSA) is 67.8 Å². The SMILES string of the molecule is CCOC(=O)c1cc2c(cn1)CN(c1cc(F)nc(N3CCC(OC)C3)c1)CC2. The number of halogens is 1. The van der Waals surface area contributed by atoms with Gasteiger partial charge in [-0.3, -0.25) is 0 Å². The van der Waals surface area contributed by atoms with Crippen LogP contribution in [0.15, 0.2) is 24.4 Å². The molecule has 0 amide bonds. The first-order valence-corrected chi connectivity index (χ1v) is 9.92. The molecular weight excluding hydrogens is 375 g/mol. The largest absolute Gasteiger partial charge is 0.461 e. The highest BCUT2D eigenvalue weighted by Crippen LogP contribution is 2.29. The normalized spacial score (nSPS) is 18.7. The van der Waals surface area contributed by atoms with Gasteiger partial charge in [0.25, 0.3) is 0 Å². The third kappa shape index (κ3) is 4.17. The Labute approximate surface area is 169 Å². The van der Waals surface area contributed by atoms with Crippen molar-refractivity contribution in [3.63, 3.8) is 0 Å². The Balaban J connectivity index is 1.53. The van der Waals surface area contributed by atoms with E-state index in [1.165, 1.54) is 6.07 Å². The minimum atomic E-state index is -0.486. The van der Waals surface area contributed by atoms with Crippen LogP contribution in [-0.4, -0.2) is 55.4 Å². The minimum absolute atomic E-state index is 0.157. The molecule has 0 bridgehead atoms. The molecule has 2 aliphatic rings. The maximum atomic E-state index is 14.3. The first-order valence-electron chi connectivity index (χ1n) is 9.92. The van der Waals surface area contributed by atoms with Crippen molar-refractivity contribution in [3.05, 3.63) is 47.2 Å². The Morgan fingerprint density at radius 2 is 2.10 bits per heavy atom. The summed E-state index contributed by atoms with van der Waals surface area (Å²) in [7, 11) is 1.70. The summed E-state index contributed by atoms with van der Waals surface area (Å²) in [4.78, 5) is 24.4. The summed E-state index contributed by atoms with van der Waals surface area (Å²) in [6, 6.07) is 5.21. The molecule has 1 saturated heterocycles. The van der Waals surface area contributed by atoms with Crippen LogP contribution in [0.3, 0.4) is 0 Å². The molecule has 154 valence electrons. The number of aromatic nitrogens is 2. The third-order valence-electron chi connectivity index (χ3n) is 5.51. The number of hydrogen-bond acceptors (Lipinski definition) is 7. The molecule has 0 N–H and O–H groups in total. The number of fused-ring (bicyclic) bond motifs is 1. The van der Waals surface area contributed by atoms with Gasteiger partial charge < -0.3 is 19.3 Å². The van der Waals surface area contributed by atoms with Crippen molar-refractivity contribution in [1.29, 1.82) is 0 Å². The highest BCUT2D eigenvalue weighted by Gasteiger charge is 2.25. The Kier molecular flexibility index (Phi) is 5.62. The molecule has 8 heteroatoms. The summed E-state index contributed by atoms with van der Waals surface area (Å²) < 4.78 is 24.7. The van der Waals surface area contributed by atoms with Crippen molar-refractivity contribution in [2.24, 2.45) is 0 Å². The van der Waals surface area contributed by atoms with Crippen molar-refractivity contribution < 1.29 is 18.7 Å². The Bertz CT molecular complexity index is 907. The fourth-order valence-electron chi connectivity index (χ4n) is 3.92. The van der Waals surface area contributed by atoms with E-state index in [-0.39, 0.29) is 6.10 Å². The minimum Gasteiger partial charge on any atom is -0.461 e. The monoisotopic (exact) mass is 400 g/mol. The van der Waals surface area contributed by atoms with Crippen LogP contribution in [-0.2, 0) is 22.4 Å². The zero-order valence-corrected chi connectivity index (χ0v) is 16.7. The number of methoxy groups -OCH3 is 1. The standard InChI is InChI=1S/C21H25FN4O3/c1-3-29-21(27)18-8-14-4-6-25(12-15(14)11-23-18)16-9-19(22)24-20(10-16)26-7-5-17(13-26)28-2/h8-11,17H,3-7,12-13H2,1-2H3. The van der Waals surface area contributed by atoms with E-state index in [2.05, 4.69) is 19.8 Å². The average Bonchev–Trinajstić information content (AvgIpc) is 3.22. The fraction of sp³-hybridized carbons (Fsp3) is 0.476. The molecule has 2 aliphatic heterocycles. The summed E-state index contributed by atoms with van der Waals surface area (Å²) in [5.74, 6) is -0.250. The lowest BCUT2D eigenvalue weighted by molar-refractivity contribution is 0.0519. The van der Waals surface area contributed by atoms with Gasteiger partial charge in [-0.1, -0.05) is 0 Å². The number of pyridine rings is 2. The van der Waals surface area contributed by atoms with Gasteiger partial charge in [0.1, 0.15) is 11.5 Å². The quantitative estimate of drug-likeness (QED) is 0.564. The van der Waals surface area contributed by atoms with Gasteiger partial charge >= 0.3 is 5.97 Å². The number of rotatable bonds is 5. The molecule has 1 unspecified atom stereocenters. The number of ether oxygens (including phenoxy) is 2. The van der Waals surface area contributed by atoms with Gasteiger partial charge in [-0.25, -0.2) is 14.8 Å². The summed E-state index contributed by atoms with van der Waals surface area (Å²) in [5, 5.41) is 0. The molecule has 0 aliphatic carbocycles. The van der Waals surface area contributed by atoms with Gasteiger partial charge in [-0.05, 0) is 37.0 Å². The molecule has 4 heterocycles. The van der Waals surface area contributed by atoms with Crippen LogP contribution >= 0.6 is 0 Å². The molecule has 0 saturated carbocycles. The van der Waals surface area contributed by atoms with E-state index in [4.69, 9.17) is 9.47 Å². The number of carbonyl (C=O) groups is 1. The van der Waals surface area contributed by atoms with Crippen molar-refractivity contribution in [1.82, 2.24) is 9.97 Å². The van der Waals surface area contributed by atoms with E-state index in [1.807, 2.05) is 6.07 Å². The van der Waals surface area contributed by atoms with Crippen LogP contribution in [0.2, 0.25) is 0 Å². The van der Waals surface area contributed by atoms with Crippen LogP contribution in [0.4, 0.5) is 15.9 Å². The molecule has 0 radical (unpaired) electrons. The Morgan fingerprint density at radius 3 is 2.86 bits per heavy atom. The van der Waals surface area contributed by atoms with E-state index in [0.717, 1.165) is 49.3 Å². The zero-order chi connectivity index (χ0) is 20.4. The van der Waals surface area contributed by atoms with Crippen LogP contribution in [0.5, 0.6) is 0 Å². The van der Waals surface area contributed by atoms with E-state index >= 15 is 0 Å². The molecule has 1 fully saturated rings. The van der Waals surface area contributed by atoms with Crippen molar-refractivity contribution in [3.8, 4) is 0 Å². The first kappa shape index (κ1) is 19.6. The summed E-state index contributed by atoms with van der Waals surface area (Å²) in [6.45, 7) is 4.95. The number of esters is 1. The zero-order valence-electron chi connectivity index (χ0n) is 16.7. The predicted octanol–water partition coefficient (Wildman–Crippen LogP) is 2.58. The van der Waals surface area contributed by atoms with Crippen LogP contribution < -0.4 is 9.80 Å². The van der Waals surface area contributed by atoms with Gasteiger partial charge in [0.05, 0.1) is 12.7 Å². The lowest BCUT2D eigenvalue weighted by atomic mass is 10.0. The van der Waals surface area contributed by atoms with Crippen LogP contribution in [0.1, 0.15) is 35.0 Å². The fourth-order valence-corrected chi connectivity index (χ4v) is 3.92. The first-order chi connectivity index (χ1) is 14.1. The highest BCUT2D eigenvalue weighted by molar-refractivity contribution is 5.87. The molecule has 7 nitrogen and oxygen atoms in total. The second kappa shape index (κ2) is 8.32. The molecular formula is C21H25FN4O3. The Morgan fingerprint density at radius 1 is 1.24 bits per heavy atom. The van der Waals surface area contributed by atoms with Crippen molar-refractivity contribution in [2.45, 2.75) is 32.4 Å². The van der Waals surface area contributed by atoms with Gasteiger partial charge in [0.2, 0.25) is 5.95 Å². The predicted molar refractivity (Wildman–Crippen MR) is 107 cm³/mol. The lowest BCUT2D eigenvalue weighted by Gasteiger charge is -2.31. The lowest BCUT2D eigenvalue weighted by Crippen LogP contribution is -2.31. The number of anilines is 2. The van der Waals surface area contributed by atoms with Crippen LogP contribution in [0, 0.1) is 5.95 Å².